The average Bonchev–Trinajstić information content (AvgIpc) is 2.12. The molecule has 3 nitrogen and oxygen atoms in total. The van der Waals surface area contributed by atoms with Crippen LogP contribution in [-0.2, 0) is 0 Å². The third-order valence-electron chi connectivity index (χ3n) is 1.75. The second-order valence-corrected chi connectivity index (χ2v) is 3.88. The molecule has 1 aromatic carbocycles. The molecule has 0 bridgehead atoms. The van der Waals surface area contributed by atoms with Gasteiger partial charge in [-0.05, 0) is 28.1 Å². The van der Waals surface area contributed by atoms with Crippen LogP contribution in [0.25, 0.3) is 0 Å². The topological polar surface area (TPSA) is 46.3 Å². The lowest BCUT2D eigenvalue weighted by atomic mass is 10.1. The van der Waals surface area contributed by atoms with Crippen LogP contribution in [-0.4, -0.2) is 24.9 Å². The predicted octanol–water partition coefficient (Wildman–Crippen LogP) is 1.87. The average molecular weight is 261 g/mol. The van der Waals surface area contributed by atoms with E-state index in [4.69, 9.17) is 5.73 Å². The second kappa shape index (κ2) is 3.96. The lowest BCUT2D eigenvalue weighted by Gasteiger charge is -2.13. The highest BCUT2D eigenvalue weighted by Crippen LogP contribution is 2.24. The summed E-state index contributed by atoms with van der Waals surface area (Å²) in [4.78, 5) is 12.8. The predicted molar refractivity (Wildman–Crippen MR) is 56.5 cm³/mol. The maximum atomic E-state index is 13.5. The number of anilines is 1. The van der Waals surface area contributed by atoms with Crippen LogP contribution >= 0.6 is 15.9 Å². The molecule has 5 heteroatoms. The van der Waals surface area contributed by atoms with Crippen LogP contribution in [0.5, 0.6) is 0 Å². The molecule has 1 aromatic rings. The highest BCUT2D eigenvalue weighted by atomic mass is 79.9. The summed E-state index contributed by atoms with van der Waals surface area (Å²) in [7, 11) is 3.09. The number of nitrogens with two attached hydrogens (primary N) is 1. The molecule has 0 aromatic heterocycles. The van der Waals surface area contributed by atoms with E-state index >= 15 is 0 Å². The molecule has 2 N–H and O–H groups in total. The van der Waals surface area contributed by atoms with Gasteiger partial charge in [-0.2, -0.15) is 0 Å². The number of nitrogens with zero attached hydrogens (tertiary/aromatic N) is 1. The first-order valence-corrected chi connectivity index (χ1v) is 4.69. The summed E-state index contributed by atoms with van der Waals surface area (Å²) >= 11 is 3.00. The van der Waals surface area contributed by atoms with E-state index in [1.807, 2.05) is 0 Å². The Bertz CT molecular complexity index is 379. The standard InChI is InChI=1S/C9H10BrFN2O/c1-13(2)9(14)7-6(12)4-3-5(10)8(7)11/h3-4H,12H2,1-2H3. The minimum Gasteiger partial charge on any atom is -0.398 e. The van der Waals surface area contributed by atoms with Crippen molar-refractivity contribution in [3.63, 3.8) is 0 Å². The molecule has 1 rings (SSSR count). The molecule has 0 aliphatic carbocycles. The molecular formula is C9H10BrFN2O. The molecule has 0 spiro atoms. The summed E-state index contributed by atoms with van der Waals surface area (Å²) in [5.74, 6) is -1.06. The van der Waals surface area contributed by atoms with Crippen molar-refractivity contribution >= 4 is 27.5 Å². The van der Waals surface area contributed by atoms with E-state index in [0.717, 1.165) is 0 Å². The molecule has 0 aliphatic rings. The summed E-state index contributed by atoms with van der Waals surface area (Å²) in [6, 6.07) is 2.96. The fourth-order valence-electron chi connectivity index (χ4n) is 1.01. The summed E-state index contributed by atoms with van der Waals surface area (Å²) in [6.07, 6.45) is 0. The monoisotopic (exact) mass is 260 g/mol. The molecule has 0 heterocycles. The number of carbonyl (C=O) groups is 1. The first-order valence-electron chi connectivity index (χ1n) is 3.90. The molecule has 0 radical (unpaired) electrons. The first kappa shape index (κ1) is 11.0. The molecule has 14 heavy (non-hydrogen) atoms. The van der Waals surface area contributed by atoms with E-state index in [1.165, 1.54) is 17.0 Å². The molecule has 0 atom stereocenters. The Labute approximate surface area is 89.8 Å². The molecule has 76 valence electrons. The van der Waals surface area contributed by atoms with Crippen LogP contribution in [0.4, 0.5) is 10.1 Å². The molecular weight excluding hydrogens is 251 g/mol. The summed E-state index contributed by atoms with van der Waals surface area (Å²) in [5.41, 5.74) is 5.57. The number of hydrogen-bond donors (Lipinski definition) is 1. The van der Waals surface area contributed by atoms with E-state index < -0.39 is 11.7 Å². The van der Waals surface area contributed by atoms with Gasteiger partial charge >= 0.3 is 0 Å². The highest BCUT2D eigenvalue weighted by molar-refractivity contribution is 9.10. The number of amides is 1. The van der Waals surface area contributed by atoms with Gasteiger partial charge in [0.15, 0.2) is 5.82 Å². The van der Waals surface area contributed by atoms with Gasteiger partial charge in [-0.25, -0.2) is 4.39 Å². The maximum absolute atomic E-state index is 13.5. The van der Waals surface area contributed by atoms with Gasteiger partial charge in [-0.3, -0.25) is 4.79 Å². The van der Waals surface area contributed by atoms with Gasteiger partial charge in [0.1, 0.15) is 0 Å². The Hall–Kier alpha value is -1.10. The number of benzene rings is 1. The van der Waals surface area contributed by atoms with Gasteiger partial charge in [0.05, 0.1) is 10.0 Å². The van der Waals surface area contributed by atoms with Crippen molar-refractivity contribution in [1.82, 2.24) is 4.90 Å². The summed E-state index contributed by atoms with van der Waals surface area (Å²) < 4.78 is 13.7. The first-order chi connectivity index (χ1) is 6.45. The van der Waals surface area contributed by atoms with Crippen molar-refractivity contribution in [2.75, 3.05) is 19.8 Å². The van der Waals surface area contributed by atoms with Gasteiger partial charge in [0.25, 0.3) is 5.91 Å². The minimum atomic E-state index is -0.622. The van der Waals surface area contributed by atoms with Crippen LogP contribution in [0.1, 0.15) is 10.4 Å². The Morgan fingerprint density at radius 2 is 2.07 bits per heavy atom. The molecule has 0 aliphatic heterocycles. The highest BCUT2D eigenvalue weighted by Gasteiger charge is 2.19. The Balaban J connectivity index is 3.33. The molecule has 0 saturated carbocycles. The molecule has 0 unspecified atom stereocenters. The van der Waals surface area contributed by atoms with Crippen molar-refractivity contribution < 1.29 is 9.18 Å². The van der Waals surface area contributed by atoms with E-state index in [-0.39, 0.29) is 15.7 Å². The van der Waals surface area contributed by atoms with E-state index in [9.17, 15) is 9.18 Å². The third-order valence-corrected chi connectivity index (χ3v) is 2.36. The van der Waals surface area contributed by atoms with Crippen molar-refractivity contribution in [2.24, 2.45) is 0 Å². The van der Waals surface area contributed by atoms with Gasteiger partial charge in [0.2, 0.25) is 0 Å². The van der Waals surface area contributed by atoms with Crippen LogP contribution in [0.3, 0.4) is 0 Å². The van der Waals surface area contributed by atoms with Crippen LogP contribution in [0, 0.1) is 5.82 Å². The van der Waals surface area contributed by atoms with E-state index in [0.29, 0.717) is 0 Å². The fourth-order valence-corrected chi connectivity index (χ4v) is 1.34. The largest absolute Gasteiger partial charge is 0.398 e. The van der Waals surface area contributed by atoms with Gasteiger partial charge in [-0.15, -0.1) is 0 Å². The molecule has 1 amide bonds. The molecule has 0 saturated heterocycles. The Kier molecular flexibility index (Phi) is 3.10. The fraction of sp³-hybridized carbons (Fsp3) is 0.222. The SMILES string of the molecule is CN(C)C(=O)c1c(N)ccc(Br)c1F. The minimum absolute atomic E-state index is 0.0932. The van der Waals surface area contributed by atoms with Crippen LogP contribution in [0.15, 0.2) is 16.6 Å². The smallest absolute Gasteiger partial charge is 0.258 e. The van der Waals surface area contributed by atoms with Gasteiger partial charge < -0.3 is 10.6 Å². The van der Waals surface area contributed by atoms with E-state index in [1.54, 1.807) is 14.1 Å². The summed E-state index contributed by atoms with van der Waals surface area (Å²) in [6.45, 7) is 0. The van der Waals surface area contributed by atoms with Crippen LogP contribution < -0.4 is 5.73 Å². The molecule has 0 fully saturated rings. The van der Waals surface area contributed by atoms with Gasteiger partial charge in [-0.1, -0.05) is 0 Å². The Morgan fingerprint density at radius 1 is 1.50 bits per heavy atom. The number of rotatable bonds is 1. The number of nitrogen functional groups attached to an aromatic ring is 1. The van der Waals surface area contributed by atoms with Crippen molar-refractivity contribution in [1.29, 1.82) is 0 Å². The van der Waals surface area contributed by atoms with Crippen LogP contribution in [0.2, 0.25) is 0 Å². The quantitative estimate of drug-likeness (QED) is 0.784. The lowest BCUT2D eigenvalue weighted by molar-refractivity contribution is 0.0824. The lowest BCUT2D eigenvalue weighted by Crippen LogP contribution is -2.24. The number of carbonyl (C=O) groups excluding carboxylic acids is 1. The second-order valence-electron chi connectivity index (χ2n) is 3.03. The Morgan fingerprint density at radius 3 is 2.57 bits per heavy atom. The summed E-state index contributed by atoms with van der Waals surface area (Å²) in [5, 5.41) is 0. The number of hydrogen-bond acceptors (Lipinski definition) is 2. The zero-order chi connectivity index (χ0) is 10.9. The van der Waals surface area contributed by atoms with Crippen molar-refractivity contribution in [2.45, 2.75) is 0 Å². The van der Waals surface area contributed by atoms with Crippen molar-refractivity contribution in [3.8, 4) is 0 Å². The van der Waals surface area contributed by atoms with Gasteiger partial charge in [0, 0.05) is 19.8 Å². The van der Waals surface area contributed by atoms with E-state index in [2.05, 4.69) is 15.9 Å². The maximum Gasteiger partial charge on any atom is 0.258 e. The third kappa shape index (κ3) is 1.87. The zero-order valence-electron chi connectivity index (χ0n) is 7.84. The normalized spacial score (nSPS) is 10.0. The number of halogens is 2. The van der Waals surface area contributed by atoms with Crippen molar-refractivity contribution in [3.05, 3.63) is 28.0 Å². The zero-order valence-corrected chi connectivity index (χ0v) is 9.43.